The molecule has 1 aliphatic rings. The van der Waals surface area contributed by atoms with E-state index in [1.165, 1.54) is 18.2 Å². The number of nitrogens with one attached hydrogen (secondary N) is 1. The minimum atomic E-state index is -0.610. The van der Waals surface area contributed by atoms with Gasteiger partial charge in [-0.05, 0) is 11.6 Å². The number of benzene rings is 1. The maximum Gasteiger partial charge on any atom is 0.269 e. The van der Waals surface area contributed by atoms with Crippen molar-refractivity contribution in [2.75, 3.05) is 32.9 Å². The first-order valence-electron chi connectivity index (χ1n) is 6.08. The molecule has 0 aromatic heterocycles. The van der Waals surface area contributed by atoms with Gasteiger partial charge in [-0.2, -0.15) is 0 Å². The van der Waals surface area contributed by atoms with Crippen molar-refractivity contribution in [3.05, 3.63) is 38.9 Å². The summed E-state index contributed by atoms with van der Waals surface area (Å²) in [7, 11) is 0. The Hall–Kier alpha value is -1.24. The van der Waals surface area contributed by atoms with Gasteiger partial charge in [-0.3, -0.25) is 15.0 Å². The Labute approximate surface area is 115 Å². The summed E-state index contributed by atoms with van der Waals surface area (Å²) in [5.41, 5.74) is 0.424. The van der Waals surface area contributed by atoms with Gasteiger partial charge in [0.2, 0.25) is 0 Å². The van der Waals surface area contributed by atoms with E-state index < -0.39 is 17.6 Å². The second kappa shape index (κ2) is 6.27. The fourth-order valence-corrected chi connectivity index (χ4v) is 2.51. The highest BCUT2D eigenvalue weighted by Crippen LogP contribution is 2.31. The molecule has 7 heteroatoms. The molecule has 5 nitrogen and oxygen atoms in total. The highest BCUT2D eigenvalue weighted by atomic mass is 35.5. The zero-order chi connectivity index (χ0) is 13.8. The van der Waals surface area contributed by atoms with Crippen LogP contribution in [0, 0.1) is 10.1 Å². The molecule has 1 aromatic carbocycles. The van der Waals surface area contributed by atoms with Gasteiger partial charge < -0.3 is 5.32 Å². The predicted molar refractivity (Wildman–Crippen MR) is 71.3 cm³/mol. The third-order valence-electron chi connectivity index (χ3n) is 3.29. The Morgan fingerprint density at radius 3 is 2.74 bits per heavy atom. The summed E-state index contributed by atoms with van der Waals surface area (Å²) in [5.74, 6) is 0. The van der Waals surface area contributed by atoms with E-state index in [1.54, 1.807) is 0 Å². The largest absolute Gasteiger partial charge is 0.314 e. The molecule has 104 valence electrons. The molecular formula is C12H15ClFN3O2. The van der Waals surface area contributed by atoms with Crippen molar-refractivity contribution >= 4 is 17.3 Å². The first-order valence-corrected chi connectivity index (χ1v) is 6.46. The summed E-state index contributed by atoms with van der Waals surface area (Å²) in [6.07, 6.45) is 0. The van der Waals surface area contributed by atoms with Gasteiger partial charge in [0, 0.05) is 43.3 Å². The minimum Gasteiger partial charge on any atom is -0.314 e. The molecule has 0 spiro atoms. The highest BCUT2D eigenvalue weighted by Gasteiger charge is 2.25. The lowest BCUT2D eigenvalue weighted by atomic mass is 10.0. The van der Waals surface area contributed by atoms with Crippen LogP contribution in [0.4, 0.5) is 10.1 Å². The first kappa shape index (κ1) is 14.2. The number of rotatable bonds is 4. The van der Waals surface area contributed by atoms with Crippen LogP contribution in [0.1, 0.15) is 11.6 Å². The van der Waals surface area contributed by atoms with Crippen LogP contribution in [-0.4, -0.2) is 42.7 Å². The van der Waals surface area contributed by atoms with E-state index in [0.29, 0.717) is 23.7 Å². The predicted octanol–water partition coefficient (Wildman–Crippen LogP) is 2.16. The van der Waals surface area contributed by atoms with Crippen molar-refractivity contribution in [3.8, 4) is 0 Å². The molecule has 1 aromatic rings. The maximum absolute atomic E-state index is 13.4. The molecule has 0 amide bonds. The minimum absolute atomic E-state index is 0.0621. The fraction of sp³-hybridized carbons (Fsp3) is 0.500. The number of nitro benzene ring substituents is 1. The molecule has 0 bridgehead atoms. The van der Waals surface area contributed by atoms with Gasteiger partial charge in [0.1, 0.15) is 6.67 Å². The van der Waals surface area contributed by atoms with E-state index >= 15 is 0 Å². The fourth-order valence-electron chi connectivity index (χ4n) is 2.27. The SMILES string of the molecule is O=[N+]([O-])c1ccc(Cl)c([C@@H](CF)N2CCNCC2)c1. The van der Waals surface area contributed by atoms with Gasteiger partial charge in [0.05, 0.1) is 11.0 Å². The van der Waals surface area contributed by atoms with Crippen molar-refractivity contribution in [2.24, 2.45) is 0 Å². The van der Waals surface area contributed by atoms with E-state index in [1.807, 2.05) is 4.90 Å². The van der Waals surface area contributed by atoms with Crippen LogP contribution in [0.5, 0.6) is 0 Å². The number of hydrogen-bond donors (Lipinski definition) is 1. The summed E-state index contributed by atoms with van der Waals surface area (Å²) >= 11 is 6.06. The second-order valence-corrected chi connectivity index (χ2v) is 4.83. The van der Waals surface area contributed by atoms with Crippen LogP contribution in [-0.2, 0) is 0 Å². The number of piperazine rings is 1. The Morgan fingerprint density at radius 1 is 1.47 bits per heavy atom. The topological polar surface area (TPSA) is 58.4 Å². The van der Waals surface area contributed by atoms with E-state index in [2.05, 4.69) is 5.32 Å². The van der Waals surface area contributed by atoms with E-state index in [9.17, 15) is 14.5 Å². The molecule has 1 fully saturated rings. The number of alkyl halides is 1. The molecule has 2 rings (SSSR count). The molecule has 0 unspecified atom stereocenters. The zero-order valence-corrected chi connectivity index (χ0v) is 11.1. The van der Waals surface area contributed by atoms with E-state index in [-0.39, 0.29) is 5.69 Å². The van der Waals surface area contributed by atoms with Crippen LogP contribution in [0.3, 0.4) is 0 Å². The molecule has 1 aliphatic heterocycles. The Morgan fingerprint density at radius 2 is 2.16 bits per heavy atom. The molecule has 1 heterocycles. The lowest BCUT2D eigenvalue weighted by molar-refractivity contribution is -0.385. The number of hydrogen-bond acceptors (Lipinski definition) is 4. The molecular weight excluding hydrogens is 273 g/mol. The maximum atomic E-state index is 13.4. The Kier molecular flexibility index (Phi) is 4.68. The Balaban J connectivity index is 2.30. The summed E-state index contributed by atoms with van der Waals surface area (Å²) < 4.78 is 13.4. The summed E-state index contributed by atoms with van der Waals surface area (Å²) in [6, 6.07) is 3.64. The van der Waals surface area contributed by atoms with Crippen molar-refractivity contribution in [3.63, 3.8) is 0 Å². The normalized spacial score (nSPS) is 18.2. The van der Waals surface area contributed by atoms with Crippen LogP contribution in [0.15, 0.2) is 18.2 Å². The second-order valence-electron chi connectivity index (χ2n) is 4.42. The molecule has 1 saturated heterocycles. The zero-order valence-electron chi connectivity index (χ0n) is 10.3. The number of non-ortho nitro benzene ring substituents is 1. The molecule has 1 N–H and O–H groups in total. The highest BCUT2D eigenvalue weighted by molar-refractivity contribution is 6.31. The standard InChI is InChI=1S/C12H15ClFN3O2/c13-11-2-1-9(17(18)19)7-10(11)12(8-14)16-5-3-15-4-6-16/h1-2,7,12,15H,3-6,8H2/t12-/m1/s1. The van der Waals surface area contributed by atoms with Gasteiger partial charge in [0.25, 0.3) is 5.69 Å². The summed E-state index contributed by atoms with van der Waals surface area (Å²) in [4.78, 5) is 12.3. The summed E-state index contributed by atoms with van der Waals surface area (Å²) in [5, 5.41) is 14.3. The lowest BCUT2D eigenvalue weighted by Crippen LogP contribution is -2.45. The van der Waals surface area contributed by atoms with Gasteiger partial charge in [-0.1, -0.05) is 11.6 Å². The lowest BCUT2D eigenvalue weighted by Gasteiger charge is -2.33. The first-order chi connectivity index (χ1) is 9.13. The van der Waals surface area contributed by atoms with Crippen LogP contribution in [0.2, 0.25) is 5.02 Å². The number of halogens is 2. The van der Waals surface area contributed by atoms with Crippen molar-refractivity contribution in [1.29, 1.82) is 0 Å². The van der Waals surface area contributed by atoms with Gasteiger partial charge in [0.15, 0.2) is 0 Å². The Bertz CT molecular complexity index is 466. The molecule has 0 saturated carbocycles. The van der Waals surface area contributed by atoms with E-state index in [0.717, 1.165) is 13.1 Å². The van der Waals surface area contributed by atoms with Crippen molar-refractivity contribution in [1.82, 2.24) is 10.2 Å². The van der Waals surface area contributed by atoms with Gasteiger partial charge >= 0.3 is 0 Å². The molecule has 0 radical (unpaired) electrons. The quantitative estimate of drug-likeness (QED) is 0.681. The van der Waals surface area contributed by atoms with Crippen LogP contribution in [0.25, 0.3) is 0 Å². The summed E-state index contributed by atoms with van der Waals surface area (Å²) in [6.45, 7) is 2.36. The third kappa shape index (κ3) is 3.20. The average molecular weight is 288 g/mol. The van der Waals surface area contributed by atoms with Crippen molar-refractivity contribution in [2.45, 2.75) is 6.04 Å². The smallest absolute Gasteiger partial charge is 0.269 e. The average Bonchev–Trinajstić information content (AvgIpc) is 2.42. The van der Waals surface area contributed by atoms with Crippen LogP contribution >= 0.6 is 11.6 Å². The number of nitrogens with zero attached hydrogens (tertiary/aromatic N) is 2. The third-order valence-corrected chi connectivity index (χ3v) is 3.63. The number of nitro groups is 1. The monoisotopic (exact) mass is 287 g/mol. The molecule has 19 heavy (non-hydrogen) atoms. The van der Waals surface area contributed by atoms with Crippen LogP contribution < -0.4 is 5.32 Å². The van der Waals surface area contributed by atoms with E-state index in [4.69, 9.17) is 11.6 Å². The molecule has 1 atom stereocenters. The molecule has 0 aliphatic carbocycles. The van der Waals surface area contributed by atoms with Gasteiger partial charge in [-0.15, -0.1) is 0 Å². The van der Waals surface area contributed by atoms with Crippen molar-refractivity contribution < 1.29 is 9.31 Å². The van der Waals surface area contributed by atoms with Gasteiger partial charge in [-0.25, -0.2) is 4.39 Å².